The summed E-state index contributed by atoms with van der Waals surface area (Å²) in [5.41, 5.74) is 4.94. The van der Waals surface area contributed by atoms with Gasteiger partial charge in [0.15, 0.2) is 0 Å². The normalized spacial score (nSPS) is 10.8. The van der Waals surface area contributed by atoms with Gasteiger partial charge < -0.3 is 14.9 Å². The molecule has 0 aliphatic rings. The predicted molar refractivity (Wildman–Crippen MR) is 111 cm³/mol. The number of hydrogen-bond donors (Lipinski definition) is 2. The summed E-state index contributed by atoms with van der Waals surface area (Å²) in [6, 6.07) is 13.1. The minimum atomic E-state index is -0.173. The molecule has 0 unspecified atom stereocenters. The standard InChI is InChI=1S/C22H18N4O2/c1-3-21(28)26(2)17-6-4-5-14(9-17)16-10-18-19(13-25-22(18)24-12-16)15-7-8-23-20(27)11-15/h3-13H,1H2,2H3,(H,23,27)(H,24,25). The third-order valence-electron chi connectivity index (χ3n) is 4.69. The first kappa shape index (κ1) is 17.5. The molecule has 3 aromatic heterocycles. The highest BCUT2D eigenvalue weighted by Crippen LogP contribution is 2.31. The van der Waals surface area contributed by atoms with Crippen molar-refractivity contribution in [3.63, 3.8) is 0 Å². The Hall–Kier alpha value is -3.93. The Morgan fingerprint density at radius 3 is 2.75 bits per heavy atom. The Balaban J connectivity index is 1.80. The van der Waals surface area contributed by atoms with E-state index >= 15 is 0 Å². The van der Waals surface area contributed by atoms with Crippen LogP contribution in [0.5, 0.6) is 0 Å². The summed E-state index contributed by atoms with van der Waals surface area (Å²) in [6.07, 6.45) is 6.55. The molecule has 0 atom stereocenters. The molecule has 28 heavy (non-hydrogen) atoms. The van der Waals surface area contributed by atoms with Gasteiger partial charge in [-0.15, -0.1) is 0 Å². The fourth-order valence-corrected chi connectivity index (χ4v) is 3.17. The third kappa shape index (κ3) is 3.12. The van der Waals surface area contributed by atoms with Crippen molar-refractivity contribution >= 4 is 22.6 Å². The van der Waals surface area contributed by atoms with Crippen molar-refractivity contribution in [2.24, 2.45) is 0 Å². The molecule has 0 fully saturated rings. The molecule has 2 N–H and O–H groups in total. The molecule has 4 aromatic rings. The van der Waals surface area contributed by atoms with E-state index in [0.29, 0.717) is 0 Å². The molecule has 138 valence electrons. The lowest BCUT2D eigenvalue weighted by atomic mass is 10.0. The summed E-state index contributed by atoms with van der Waals surface area (Å²) in [5, 5.41) is 0.920. The number of benzene rings is 1. The topological polar surface area (TPSA) is 81.8 Å². The molecule has 0 spiro atoms. The van der Waals surface area contributed by atoms with E-state index in [-0.39, 0.29) is 11.5 Å². The zero-order chi connectivity index (χ0) is 19.7. The Bertz CT molecular complexity index is 1250. The average molecular weight is 370 g/mol. The second-order valence-corrected chi connectivity index (χ2v) is 6.42. The van der Waals surface area contributed by atoms with Crippen LogP contribution in [0.2, 0.25) is 0 Å². The van der Waals surface area contributed by atoms with Crippen LogP contribution in [-0.2, 0) is 4.79 Å². The highest BCUT2D eigenvalue weighted by Gasteiger charge is 2.11. The lowest BCUT2D eigenvalue weighted by Gasteiger charge is -2.16. The SMILES string of the molecule is C=CC(=O)N(C)c1cccc(-c2cnc3[nH]cc(-c4cc[nH]c(=O)c4)c3c2)c1. The molecule has 6 heteroatoms. The van der Waals surface area contributed by atoms with Crippen LogP contribution in [0, 0.1) is 0 Å². The van der Waals surface area contributed by atoms with Crippen molar-refractivity contribution in [3.05, 3.63) is 84.1 Å². The van der Waals surface area contributed by atoms with Gasteiger partial charge >= 0.3 is 0 Å². The summed E-state index contributed by atoms with van der Waals surface area (Å²) < 4.78 is 0. The molecule has 0 saturated carbocycles. The van der Waals surface area contributed by atoms with Crippen LogP contribution in [0.1, 0.15) is 0 Å². The Morgan fingerprint density at radius 2 is 1.96 bits per heavy atom. The fourth-order valence-electron chi connectivity index (χ4n) is 3.17. The maximum Gasteiger partial charge on any atom is 0.250 e. The van der Waals surface area contributed by atoms with Gasteiger partial charge in [-0.2, -0.15) is 0 Å². The number of carbonyl (C=O) groups excluding carboxylic acids is 1. The van der Waals surface area contributed by atoms with E-state index in [1.165, 1.54) is 6.08 Å². The molecule has 6 nitrogen and oxygen atoms in total. The summed E-state index contributed by atoms with van der Waals surface area (Å²) >= 11 is 0. The van der Waals surface area contributed by atoms with E-state index < -0.39 is 0 Å². The van der Waals surface area contributed by atoms with Crippen molar-refractivity contribution in [2.75, 3.05) is 11.9 Å². The number of hydrogen-bond acceptors (Lipinski definition) is 3. The van der Waals surface area contributed by atoms with Crippen LogP contribution in [-0.4, -0.2) is 27.9 Å². The lowest BCUT2D eigenvalue weighted by molar-refractivity contribution is -0.113. The molecule has 1 amide bonds. The van der Waals surface area contributed by atoms with Gasteiger partial charge in [-0.05, 0) is 41.5 Å². The van der Waals surface area contributed by atoms with Gasteiger partial charge in [-0.3, -0.25) is 9.59 Å². The van der Waals surface area contributed by atoms with Gasteiger partial charge in [0, 0.05) is 53.9 Å². The van der Waals surface area contributed by atoms with E-state index in [9.17, 15) is 9.59 Å². The van der Waals surface area contributed by atoms with Crippen LogP contribution < -0.4 is 10.5 Å². The molecule has 0 saturated heterocycles. The number of amides is 1. The molecule has 0 bridgehead atoms. The molecule has 4 rings (SSSR count). The summed E-state index contributed by atoms with van der Waals surface area (Å²) in [7, 11) is 1.71. The van der Waals surface area contributed by atoms with Gasteiger partial charge in [0.05, 0.1) is 0 Å². The Labute approximate surface area is 161 Å². The summed E-state index contributed by atoms with van der Waals surface area (Å²) in [4.78, 5) is 35.4. The zero-order valence-corrected chi connectivity index (χ0v) is 15.3. The molecule has 0 aliphatic heterocycles. The molecule has 0 radical (unpaired) electrons. The average Bonchev–Trinajstić information content (AvgIpc) is 3.16. The minimum absolute atomic E-state index is 0.154. The maximum atomic E-state index is 11.9. The van der Waals surface area contributed by atoms with Gasteiger partial charge in [-0.25, -0.2) is 4.98 Å². The van der Waals surface area contributed by atoms with E-state index in [1.807, 2.05) is 42.6 Å². The number of fused-ring (bicyclic) bond motifs is 1. The lowest BCUT2D eigenvalue weighted by Crippen LogP contribution is -2.23. The molecule has 1 aromatic carbocycles. The first-order chi connectivity index (χ1) is 13.6. The number of likely N-dealkylation sites (N-methyl/N-ethyl adjacent to an activating group) is 1. The van der Waals surface area contributed by atoms with E-state index in [0.717, 1.165) is 39.0 Å². The quantitative estimate of drug-likeness (QED) is 0.537. The largest absolute Gasteiger partial charge is 0.346 e. The van der Waals surface area contributed by atoms with E-state index in [1.54, 1.807) is 30.4 Å². The third-order valence-corrected chi connectivity index (χ3v) is 4.69. The van der Waals surface area contributed by atoms with Crippen molar-refractivity contribution < 1.29 is 4.79 Å². The number of H-pyrrole nitrogens is 2. The summed E-state index contributed by atoms with van der Waals surface area (Å²) in [6.45, 7) is 3.53. The number of rotatable bonds is 4. The Kier molecular flexibility index (Phi) is 4.37. The van der Waals surface area contributed by atoms with Crippen LogP contribution in [0.25, 0.3) is 33.3 Å². The molecule has 0 aliphatic carbocycles. The highest BCUT2D eigenvalue weighted by molar-refractivity contribution is 6.01. The van der Waals surface area contributed by atoms with Gasteiger partial charge in [0.2, 0.25) is 11.5 Å². The van der Waals surface area contributed by atoms with Gasteiger partial charge in [0.25, 0.3) is 0 Å². The van der Waals surface area contributed by atoms with Crippen molar-refractivity contribution in [3.8, 4) is 22.3 Å². The van der Waals surface area contributed by atoms with Crippen LogP contribution >= 0.6 is 0 Å². The number of pyridine rings is 2. The minimum Gasteiger partial charge on any atom is -0.346 e. The zero-order valence-electron chi connectivity index (χ0n) is 15.3. The van der Waals surface area contributed by atoms with Crippen LogP contribution in [0.4, 0.5) is 5.69 Å². The van der Waals surface area contributed by atoms with Gasteiger partial charge in [0.1, 0.15) is 5.65 Å². The second-order valence-electron chi connectivity index (χ2n) is 6.42. The monoisotopic (exact) mass is 370 g/mol. The number of aromatic nitrogens is 3. The van der Waals surface area contributed by atoms with Crippen molar-refractivity contribution in [1.29, 1.82) is 0 Å². The summed E-state index contributed by atoms with van der Waals surface area (Å²) in [5.74, 6) is -0.173. The van der Waals surface area contributed by atoms with Gasteiger partial charge in [-0.1, -0.05) is 18.7 Å². The number of carbonyl (C=O) groups is 1. The second kappa shape index (κ2) is 7.00. The van der Waals surface area contributed by atoms with Crippen LogP contribution in [0.15, 0.2) is 78.5 Å². The number of anilines is 1. The number of nitrogens with zero attached hydrogens (tertiary/aromatic N) is 2. The number of aromatic amines is 2. The fraction of sp³-hybridized carbons (Fsp3) is 0.0455. The van der Waals surface area contributed by atoms with Crippen molar-refractivity contribution in [2.45, 2.75) is 0 Å². The van der Waals surface area contributed by atoms with Crippen LogP contribution in [0.3, 0.4) is 0 Å². The predicted octanol–water partition coefficient (Wildman–Crippen LogP) is 3.73. The molecule has 3 heterocycles. The first-order valence-electron chi connectivity index (χ1n) is 8.73. The smallest absolute Gasteiger partial charge is 0.250 e. The first-order valence-corrected chi connectivity index (χ1v) is 8.73. The van der Waals surface area contributed by atoms with Crippen molar-refractivity contribution in [1.82, 2.24) is 15.0 Å². The Morgan fingerprint density at radius 1 is 1.11 bits per heavy atom. The maximum absolute atomic E-state index is 11.9. The molecular formula is C22H18N4O2. The van der Waals surface area contributed by atoms with E-state index in [2.05, 4.69) is 21.5 Å². The van der Waals surface area contributed by atoms with E-state index in [4.69, 9.17) is 0 Å². The molecular weight excluding hydrogens is 352 g/mol. The highest BCUT2D eigenvalue weighted by atomic mass is 16.2. The number of nitrogens with one attached hydrogen (secondary N) is 2.